The SMILES string of the molecule is CS(=O)(=O)OCc1ccc(-c2ccc3c(nnn3CC3CC3)c2C(F)(F)F)cc1.C[C@H](O)C(=O)NCc1ccc(-c2ccc3c(nnn3CC3CC3)c2C(F)(F)F)cc1.ClCCl.NCc1ccc(-c2ccc3c(nnn3CC3CC3)c2C(F)(F)F)cc1.[N-]=[N+]=NCc1ccc(-c2ccc3c(nnn3CC3CC3)c2C(F)(F)F)cc1.[N-]=[N+]=[N-].[Na+].c1ccc(P(c2ccccc2)c2ccccc2)cc1. The number of nitrogens with zero attached hydrogens (tertiary/aromatic N) is 18. The van der Waals surface area contributed by atoms with Gasteiger partial charge in [-0.05, 0) is 202 Å². The van der Waals surface area contributed by atoms with E-state index < -0.39 is 77.0 Å². The molecule has 0 aliphatic heterocycles. The van der Waals surface area contributed by atoms with Crippen LogP contribution in [0.25, 0.3) is 115 Å². The van der Waals surface area contributed by atoms with Crippen LogP contribution in [0.5, 0.6) is 0 Å². The summed E-state index contributed by atoms with van der Waals surface area (Å²) in [4.78, 5) is 15.6. The van der Waals surface area contributed by atoms with Gasteiger partial charge in [-0.25, -0.2) is 18.7 Å². The predicted octanol–water partition coefficient (Wildman–Crippen LogP) is 19.6. The molecular formula is C95H88Cl2F12N20NaO5PS. The zero-order valence-electron chi connectivity index (χ0n) is 73.8. The Balaban J connectivity index is 0.000000152. The van der Waals surface area contributed by atoms with Crippen molar-refractivity contribution in [3.05, 3.63) is 308 Å². The molecule has 1 amide bonds. The molecule has 0 unspecified atom stereocenters. The summed E-state index contributed by atoms with van der Waals surface area (Å²) in [7, 11) is -4.05. The smallest absolute Gasteiger partial charge is 0.384 e. The number of carbonyl (C=O) groups is 1. The van der Waals surface area contributed by atoms with Crippen molar-refractivity contribution in [2.45, 2.75) is 142 Å². The van der Waals surface area contributed by atoms with Crippen molar-refractivity contribution in [3.63, 3.8) is 0 Å². The number of rotatable bonds is 24. The Hall–Kier alpha value is -11.9. The van der Waals surface area contributed by atoms with Gasteiger partial charge in [0.25, 0.3) is 10.1 Å². The fourth-order valence-electron chi connectivity index (χ4n) is 15.0. The minimum absolute atomic E-state index is 0. The minimum atomic E-state index is -4.60. The van der Waals surface area contributed by atoms with Crippen LogP contribution >= 0.6 is 31.1 Å². The third kappa shape index (κ3) is 28.0. The maximum Gasteiger partial charge on any atom is 1.00 e. The van der Waals surface area contributed by atoms with E-state index in [0.29, 0.717) is 112 Å². The summed E-state index contributed by atoms with van der Waals surface area (Å²) in [5, 5.41) is 50.8. The molecular weight excluding hydrogens is 1890 g/mol. The van der Waals surface area contributed by atoms with Gasteiger partial charge in [0.15, 0.2) is 0 Å². The largest absolute Gasteiger partial charge is 1.00 e. The van der Waals surface area contributed by atoms with Crippen LogP contribution in [0, 0.1) is 23.7 Å². The van der Waals surface area contributed by atoms with E-state index >= 15 is 0 Å². The van der Waals surface area contributed by atoms with Gasteiger partial charge in [-0.15, -0.1) is 43.6 Å². The van der Waals surface area contributed by atoms with Crippen molar-refractivity contribution in [2.24, 2.45) is 34.5 Å². The average molecular weight is 1970 g/mol. The quantitative estimate of drug-likeness (QED) is 0.00740. The number of carbonyl (C=O) groups excluding carboxylic acids is 1. The Morgan fingerprint density at radius 1 is 0.460 bits per heavy atom. The van der Waals surface area contributed by atoms with Crippen LogP contribution in [0.3, 0.4) is 0 Å². The summed E-state index contributed by atoms with van der Waals surface area (Å²) >= 11 is 9.53. The summed E-state index contributed by atoms with van der Waals surface area (Å²) in [5.74, 6) is 1.38. The zero-order chi connectivity index (χ0) is 97.2. The molecule has 4 heterocycles. The average Bonchev–Trinajstić information content (AvgIpc) is 1.68. The van der Waals surface area contributed by atoms with Crippen molar-refractivity contribution in [3.8, 4) is 44.5 Å². The van der Waals surface area contributed by atoms with Gasteiger partial charge in [-0.1, -0.05) is 238 Å². The van der Waals surface area contributed by atoms with Crippen LogP contribution in [0.15, 0.2) is 242 Å². The number of aliphatic hydroxyl groups excluding tert-OH is 1. The summed E-state index contributed by atoms with van der Waals surface area (Å²) in [6, 6.07) is 70.6. The Morgan fingerprint density at radius 2 is 0.723 bits per heavy atom. The third-order valence-corrected chi connectivity index (χ3v) is 25.3. The Labute approximate surface area is 811 Å². The van der Waals surface area contributed by atoms with Gasteiger partial charge >= 0.3 is 54.3 Å². The van der Waals surface area contributed by atoms with Crippen LogP contribution in [0.2, 0.25) is 0 Å². The normalized spacial score (nSPS) is 13.8. The molecule has 15 aromatic rings. The maximum absolute atomic E-state index is 14.0. The molecule has 42 heteroatoms. The molecule has 4 aliphatic carbocycles. The number of azide groups is 1. The zero-order valence-corrected chi connectivity index (χ0v) is 79.0. The molecule has 0 saturated heterocycles. The first kappa shape index (κ1) is 104. The van der Waals surface area contributed by atoms with Gasteiger partial charge in [-0.2, -0.15) is 61.1 Å². The summed E-state index contributed by atoms with van der Waals surface area (Å²) in [5.41, 5.74) is 30.1. The number of aliphatic hydroxyl groups is 1. The summed E-state index contributed by atoms with van der Waals surface area (Å²) in [6.45, 7) is 4.22. The molecule has 4 aliphatic rings. The number of nitrogens with one attached hydrogen (secondary N) is 1. The van der Waals surface area contributed by atoms with Gasteiger partial charge in [-0.3, -0.25) is 13.9 Å². The first-order valence-corrected chi connectivity index (χ1v) is 47.0. The van der Waals surface area contributed by atoms with Gasteiger partial charge in [0, 0.05) is 44.2 Å². The van der Waals surface area contributed by atoms with E-state index in [-0.39, 0.29) is 98.9 Å². The van der Waals surface area contributed by atoms with E-state index in [9.17, 15) is 71.0 Å². The molecule has 0 spiro atoms. The number of hydrogen-bond acceptors (Lipinski definition) is 15. The molecule has 137 heavy (non-hydrogen) atoms. The molecule has 11 aromatic carbocycles. The van der Waals surface area contributed by atoms with Crippen LogP contribution in [-0.2, 0) is 96.2 Å². The number of hydrogen-bond donors (Lipinski definition) is 3. The molecule has 4 fully saturated rings. The van der Waals surface area contributed by atoms with Crippen LogP contribution in [0.4, 0.5) is 52.7 Å². The van der Waals surface area contributed by atoms with Gasteiger partial charge in [0.05, 0.1) is 69.1 Å². The number of benzene rings is 11. The molecule has 0 bridgehead atoms. The van der Waals surface area contributed by atoms with E-state index in [1.165, 1.54) is 81.0 Å². The molecule has 0 radical (unpaired) electrons. The van der Waals surface area contributed by atoms with E-state index in [1.807, 2.05) is 0 Å². The van der Waals surface area contributed by atoms with Gasteiger partial charge in [0.1, 0.15) is 28.2 Å². The first-order valence-electron chi connectivity index (χ1n) is 42.8. The van der Waals surface area contributed by atoms with E-state index in [1.54, 1.807) is 111 Å². The first-order chi connectivity index (χ1) is 65.1. The number of fused-ring (bicyclic) bond motifs is 4. The van der Waals surface area contributed by atoms with Crippen LogP contribution in [-0.4, -0.2) is 97.1 Å². The number of nitrogens with two attached hydrogens (primary N) is 1. The molecule has 1 atom stereocenters. The van der Waals surface area contributed by atoms with Crippen LogP contribution < -0.4 is 56.5 Å². The molecule has 708 valence electrons. The Morgan fingerprint density at radius 3 is 0.964 bits per heavy atom. The van der Waals surface area contributed by atoms with Gasteiger partial charge in [0.2, 0.25) is 5.91 Å². The number of amides is 1. The maximum atomic E-state index is 14.0. The van der Waals surface area contributed by atoms with E-state index in [0.717, 1.165) is 68.7 Å². The van der Waals surface area contributed by atoms with Crippen molar-refractivity contribution in [1.29, 1.82) is 0 Å². The van der Waals surface area contributed by atoms with Gasteiger partial charge < -0.3 is 27.2 Å². The second-order valence-electron chi connectivity index (χ2n) is 32.5. The van der Waals surface area contributed by atoms with Crippen molar-refractivity contribution < 1.29 is 105 Å². The molecule has 25 nitrogen and oxygen atoms in total. The van der Waals surface area contributed by atoms with Crippen molar-refractivity contribution in [1.82, 2.24) is 65.3 Å². The number of alkyl halides is 14. The monoisotopic (exact) mass is 1970 g/mol. The predicted molar refractivity (Wildman–Crippen MR) is 498 cm³/mol. The topological polar surface area (TPSA) is 349 Å². The van der Waals surface area contributed by atoms with E-state index in [4.69, 9.17) is 49.7 Å². The second-order valence-corrected chi connectivity index (χ2v) is 37.2. The van der Waals surface area contributed by atoms with Crippen molar-refractivity contribution >= 4 is 107 Å². The fraction of sp³-hybridized carbons (Fsp3) is 0.295. The second kappa shape index (κ2) is 46.5. The third-order valence-electron chi connectivity index (χ3n) is 22.3. The molecule has 4 N–H and O–H groups in total. The Kier molecular flexibility index (Phi) is 35.3. The van der Waals surface area contributed by atoms with Crippen molar-refractivity contribution in [2.75, 3.05) is 11.6 Å². The number of aromatic nitrogens is 12. The number of halogens is 14. The summed E-state index contributed by atoms with van der Waals surface area (Å²) < 4.78 is 200. The van der Waals surface area contributed by atoms with E-state index in [2.05, 4.69) is 148 Å². The minimum Gasteiger partial charge on any atom is -0.384 e. The Bertz CT molecular complexity index is 6710. The standard InChI is InChI=1S/C21H21F3N4O2.C19H18F3N3O3S.C18H15F3N6.C18H17F3N4.C18H15P.CH2Cl2.N3.Na/c1-12(29)20(30)25-10-13-4-6-15(7-5-13)16-8-9-17-19(18(16)21(22,23)24)26-27-28(17)11-14-2-3-14;1-29(26,27)28-11-13-4-6-14(7-5-13)15-8-9-16-18(17(15)19(20,21)22)23-24-25(16)10-12-2-3-12;19-18(20,21)16-14(13-5-3-11(4-6-13)9-23-25-22)7-8-15-17(16)24-26-27(15)10-12-1-2-12;19-18(20,21)16-14(13-5-3-11(9-22)4-6-13)7-8-15-17(16)23-24-25(15)10-12-1-2-12;1-4-10-16(11-5-1)19(17-12-6-2-7-13-17)18-14-8-3-9-15-18;2-1-3;1-3-2;/h4-9,12,14,29H,2-3,10-11H2,1H3,(H,25,30);4-9,12H,2-3,10-11H2,1H3;3-8,12H,1-2,9-10H2;3-8,12H,1-2,9-10,22H2;1-15H;1H2;;/q;;;;;;-1;+1/t12-;;;;;;;/m0......./s1. The van der Waals surface area contributed by atoms with Crippen LogP contribution in [0.1, 0.15) is 103 Å². The fourth-order valence-corrected chi connectivity index (χ4v) is 17.6. The molecule has 19 rings (SSSR count). The molecule has 4 aromatic heterocycles. The summed E-state index contributed by atoms with van der Waals surface area (Å²) in [6.07, 6.45) is -9.86. The molecule has 4 saturated carbocycles.